The van der Waals surface area contributed by atoms with Gasteiger partial charge in [0.25, 0.3) is 0 Å². The molecule has 1 saturated heterocycles. The molecule has 25 heavy (non-hydrogen) atoms. The van der Waals surface area contributed by atoms with E-state index in [1.807, 2.05) is 20.8 Å². The predicted molar refractivity (Wildman–Crippen MR) is 90.5 cm³/mol. The highest BCUT2D eigenvalue weighted by Crippen LogP contribution is 2.30. The van der Waals surface area contributed by atoms with E-state index in [4.69, 9.17) is 4.74 Å². The van der Waals surface area contributed by atoms with Crippen LogP contribution in [0.15, 0.2) is 24.3 Å². The first kappa shape index (κ1) is 19.4. The average Bonchev–Trinajstić information content (AvgIpc) is 2.51. The molecule has 2 rings (SSSR count). The van der Waals surface area contributed by atoms with Gasteiger partial charge >= 0.3 is 12.3 Å². The number of rotatable bonds is 3. The van der Waals surface area contributed by atoms with E-state index in [0.717, 1.165) is 25.0 Å². The fraction of sp³-hybridized carbons (Fsp3) is 0.611. The Hall–Kier alpha value is -1.92. The van der Waals surface area contributed by atoms with E-state index in [2.05, 4.69) is 5.32 Å². The maximum Gasteiger partial charge on any atom is 0.416 e. The summed E-state index contributed by atoms with van der Waals surface area (Å²) in [6, 6.07) is 5.16. The summed E-state index contributed by atoms with van der Waals surface area (Å²) in [7, 11) is 0. The van der Waals surface area contributed by atoms with Gasteiger partial charge in [-0.15, -0.1) is 0 Å². The van der Waals surface area contributed by atoms with Crippen LogP contribution in [0, 0.1) is 5.92 Å². The summed E-state index contributed by atoms with van der Waals surface area (Å²) in [5, 5.41) is 3.06. The summed E-state index contributed by atoms with van der Waals surface area (Å²) < 4.78 is 43.6. The molecule has 4 nitrogen and oxygen atoms in total. The van der Waals surface area contributed by atoms with Crippen LogP contribution >= 0.6 is 0 Å². The molecule has 1 atom stereocenters. The zero-order chi connectivity index (χ0) is 18.7. The molecule has 0 bridgehead atoms. The minimum atomic E-state index is -4.35. The van der Waals surface area contributed by atoms with Crippen molar-refractivity contribution < 1.29 is 22.7 Å². The zero-order valence-corrected chi connectivity index (χ0v) is 14.8. The van der Waals surface area contributed by atoms with E-state index in [0.29, 0.717) is 25.3 Å². The maximum atomic E-state index is 12.8. The first-order chi connectivity index (χ1) is 11.5. The van der Waals surface area contributed by atoms with Crippen LogP contribution in [-0.4, -0.2) is 36.2 Å². The molecule has 1 aliphatic rings. The second-order valence-corrected chi connectivity index (χ2v) is 7.39. The molecule has 0 unspecified atom stereocenters. The largest absolute Gasteiger partial charge is 0.444 e. The first-order valence-electron chi connectivity index (χ1n) is 8.44. The van der Waals surface area contributed by atoms with E-state index in [1.54, 1.807) is 11.0 Å². The summed E-state index contributed by atoms with van der Waals surface area (Å²) in [5.74, 6) is 0.177. The molecule has 0 spiro atoms. The van der Waals surface area contributed by atoms with Gasteiger partial charge in [0.05, 0.1) is 5.56 Å². The fourth-order valence-corrected chi connectivity index (χ4v) is 2.79. The van der Waals surface area contributed by atoms with Crippen LogP contribution < -0.4 is 5.32 Å². The Bertz CT molecular complexity index is 597. The molecule has 7 heteroatoms. The van der Waals surface area contributed by atoms with Gasteiger partial charge in [0, 0.05) is 25.3 Å². The number of amides is 1. The fourth-order valence-electron chi connectivity index (χ4n) is 2.79. The van der Waals surface area contributed by atoms with E-state index >= 15 is 0 Å². The number of nitrogens with one attached hydrogen (secondary N) is 1. The third-order valence-corrected chi connectivity index (χ3v) is 3.96. The Labute approximate surface area is 146 Å². The van der Waals surface area contributed by atoms with Gasteiger partial charge in [0.15, 0.2) is 0 Å². The lowest BCUT2D eigenvalue weighted by atomic mass is 9.98. The SMILES string of the molecule is CC(C)(C)OC(=O)N1CCC[C@@H](CNc2cccc(C(F)(F)F)c2)C1. The van der Waals surface area contributed by atoms with Crippen molar-refractivity contribution in [3.05, 3.63) is 29.8 Å². The summed E-state index contributed by atoms with van der Waals surface area (Å²) in [6.45, 7) is 7.17. The topological polar surface area (TPSA) is 41.6 Å². The number of anilines is 1. The first-order valence-corrected chi connectivity index (χ1v) is 8.44. The molecule has 1 fully saturated rings. The predicted octanol–water partition coefficient (Wildman–Crippen LogP) is 4.76. The number of halogens is 3. The van der Waals surface area contributed by atoms with E-state index in [9.17, 15) is 18.0 Å². The third-order valence-electron chi connectivity index (χ3n) is 3.96. The van der Waals surface area contributed by atoms with Crippen LogP contribution in [0.2, 0.25) is 0 Å². The molecule has 0 aromatic heterocycles. The molecule has 0 aliphatic carbocycles. The van der Waals surface area contributed by atoms with Gasteiger partial charge in [0.1, 0.15) is 5.60 Å². The highest BCUT2D eigenvalue weighted by molar-refractivity contribution is 5.68. The number of carbonyl (C=O) groups excluding carboxylic acids is 1. The molecule has 1 heterocycles. The van der Waals surface area contributed by atoms with Gasteiger partial charge < -0.3 is 15.0 Å². The highest BCUT2D eigenvalue weighted by Gasteiger charge is 2.31. The molecular weight excluding hydrogens is 333 g/mol. The molecule has 1 aromatic carbocycles. The number of carbonyl (C=O) groups is 1. The Morgan fingerprint density at radius 3 is 2.68 bits per heavy atom. The zero-order valence-electron chi connectivity index (χ0n) is 14.8. The van der Waals surface area contributed by atoms with Crippen LogP contribution in [-0.2, 0) is 10.9 Å². The van der Waals surface area contributed by atoms with Gasteiger partial charge in [-0.05, 0) is 57.7 Å². The summed E-state index contributed by atoms with van der Waals surface area (Å²) >= 11 is 0. The lowest BCUT2D eigenvalue weighted by Gasteiger charge is -2.34. The molecule has 0 radical (unpaired) electrons. The highest BCUT2D eigenvalue weighted by atomic mass is 19.4. The van der Waals surface area contributed by atoms with Crippen molar-refractivity contribution in [3.63, 3.8) is 0 Å². The Kier molecular flexibility index (Phi) is 5.85. The van der Waals surface area contributed by atoms with Crippen molar-refractivity contribution in [1.82, 2.24) is 4.90 Å². The molecule has 140 valence electrons. The number of alkyl halides is 3. The molecule has 0 saturated carbocycles. The smallest absolute Gasteiger partial charge is 0.416 e. The van der Waals surface area contributed by atoms with Crippen molar-refractivity contribution in [3.8, 4) is 0 Å². The van der Waals surface area contributed by atoms with Crippen LogP contribution in [0.4, 0.5) is 23.7 Å². The summed E-state index contributed by atoms with van der Waals surface area (Å²) in [4.78, 5) is 13.8. The third kappa shape index (κ3) is 6.14. The van der Waals surface area contributed by atoms with Crippen molar-refractivity contribution in [2.75, 3.05) is 25.0 Å². The van der Waals surface area contributed by atoms with Crippen LogP contribution in [0.25, 0.3) is 0 Å². The molecule has 1 aromatic rings. The van der Waals surface area contributed by atoms with Crippen LogP contribution in [0.5, 0.6) is 0 Å². The number of hydrogen-bond donors (Lipinski definition) is 1. The summed E-state index contributed by atoms with van der Waals surface area (Å²) in [5.41, 5.74) is -0.777. The van der Waals surface area contributed by atoms with Crippen molar-refractivity contribution >= 4 is 11.8 Å². The minimum Gasteiger partial charge on any atom is -0.444 e. The maximum absolute atomic E-state index is 12.8. The molecule has 1 aliphatic heterocycles. The van der Waals surface area contributed by atoms with E-state index in [1.165, 1.54) is 6.07 Å². The van der Waals surface area contributed by atoms with Gasteiger partial charge in [-0.3, -0.25) is 0 Å². The van der Waals surface area contributed by atoms with Gasteiger partial charge in [-0.2, -0.15) is 13.2 Å². The van der Waals surface area contributed by atoms with Crippen LogP contribution in [0.1, 0.15) is 39.2 Å². The molecule has 1 N–H and O–H groups in total. The summed E-state index contributed by atoms with van der Waals surface area (Å²) in [6.07, 6.45) is -2.91. The standard InChI is InChI=1S/C18H25F3N2O2/c1-17(2,3)25-16(24)23-9-5-6-13(12-23)11-22-15-8-4-7-14(10-15)18(19,20)21/h4,7-8,10,13,22H,5-6,9,11-12H2,1-3H3/t13-/m0/s1. The quantitative estimate of drug-likeness (QED) is 0.847. The van der Waals surface area contributed by atoms with Gasteiger partial charge in [-0.25, -0.2) is 4.79 Å². The number of likely N-dealkylation sites (tertiary alicyclic amines) is 1. The molecule has 1 amide bonds. The minimum absolute atomic E-state index is 0.177. The normalized spacial score (nSPS) is 18.8. The van der Waals surface area contributed by atoms with Crippen molar-refractivity contribution in [1.29, 1.82) is 0 Å². The van der Waals surface area contributed by atoms with Crippen LogP contribution in [0.3, 0.4) is 0 Å². The lowest BCUT2D eigenvalue weighted by Crippen LogP contribution is -2.44. The number of piperidine rings is 1. The Morgan fingerprint density at radius 1 is 1.32 bits per heavy atom. The van der Waals surface area contributed by atoms with Crippen molar-refractivity contribution in [2.45, 2.75) is 45.4 Å². The number of hydrogen-bond acceptors (Lipinski definition) is 3. The second kappa shape index (κ2) is 7.54. The van der Waals surface area contributed by atoms with E-state index < -0.39 is 17.3 Å². The average molecular weight is 358 g/mol. The number of benzene rings is 1. The molecular formula is C18H25F3N2O2. The van der Waals surface area contributed by atoms with E-state index in [-0.39, 0.29) is 12.0 Å². The van der Waals surface area contributed by atoms with Gasteiger partial charge in [0.2, 0.25) is 0 Å². The number of ether oxygens (including phenoxy) is 1. The monoisotopic (exact) mass is 358 g/mol. The lowest BCUT2D eigenvalue weighted by molar-refractivity contribution is -0.137. The Balaban J connectivity index is 1.90. The second-order valence-electron chi connectivity index (χ2n) is 7.39. The number of nitrogens with zero attached hydrogens (tertiary/aromatic N) is 1. The van der Waals surface area contributed by atoms with Gasteiger partial charge in [-0.1, -0.05) is 6.07 Å². The van der Waals surface area contributed by atoms with Crippen molar-refractivity contribution in [2.24, 2.45) is 5.92 Å². The Morgan fingerprint density at radius 2 is 2.04 bits per heavy atom.